The maximum absolute atomic E-state index is 5.85. The first-order valence-electron chi connectivity index (χ1n) is 6.17. The van der Waals surface area contributed by atoms with Crippen molar-refractivity contribution in [3.8, 4) is 0 Å². The van der Waals surface area contributed by atoms with Gasteiger partial charge in [0.05, 0.1) is 6.04 Å². The Morgan fingerprint density at radius 1 is 1.25 bits per heavy atom. The van der Waals surface area contributed by atoms with Crippen molar-refractivity contribution in [3.05, 3.63) is 47.3 Å². The normalized spacial score (nSPS) is 12.5. The van der Waals surface area contributed by atoms with Crippen LogP contribution in [-0.4, -0.2) is 9.97 Å². The van der Waals surface area contributed by atoms with Gasteiger partial charge in [0, 0.05) is 11.5 Å². The lowest BCUT2D eigenvalue weighted by Crippen LogP contribution is -2.08. The first-order chi connectivity index (χ1) is 9.61. The number of rotatable bonds is 3. The Kier molecular flexibility index (Phi) is 3.20. The maximum atomic E-state index is 5.85. The third kappa shape index (κ3) is 2.53. The van der Waals surface area contributed by atoms with Gasteiger partial charge in [-0.15, -0.1) is 0 Å². The SMILES string of the molecule is C[C@@H](Nc1cc(Cl)nc(N)n1)c1cc2ccccc2o1. The van der Waals surface area contributed by atoms with Crippen LogP contribution in [0, 0.1) is 0 Å². The van der Waals surface area contributed by atoms with Crippen molar-refractivity contribution >= 4 is 34.3 Å². The zero-order valence-corrected chi connectivity index (χ0v) is 11.6. The number of aromatic nitrogens is 2. The van der Waals surface area contributed by atoms with Crippen molar-refractivity contribution in [1.29, 1.82) is 0 Å². The minimum absolute atomic E-state index is 0.0623. The van der Waals surface area contributed by atoms with Crippen molar-refractivity contribution in [2.24, 2.45) is 0 Å². The minimum Gasteiger partial charge on any atom is -0.459 e. The Morgan fingerprint density at radius 2 is 2.05 bits per heavy atom. The van der Waals surface area contributed by atoms with Crippen LogP contribution in [0.4, 0.5) is 11.8 Å². The molecule has 0 fully saturated rings. The Morgan fingerprint density at radius 3 is 2.80 bits per heavy atom. The van der Waals surface area contributed by atoms with Crippen LogP contribution >= 0.6 is 11.6 Å². The van der Waals surface area contributed by atoms with Gasteiger partial charge in [0.25, 0.3) is 0 Å². The molecule has 20 heavy (non-hydrogen) atoms. The fourth-order valence-corrected chi connectivity index (χ4v) is 2.21. The van der Waals surface area contributed by atoms with E-state index in [2.05, 4.69) is 15.3 Å². The largest absolute Gasteiger partial charge is 0.459 e. The number of para-hydroxylation sites is 1. The van der Waals surface area contributed by atoms with Gasteiger partial charge < -0.3 is 15.5 Å². The summed E-state index contributed by atoms with van der Waals surface area (Å²) < 4.78 is 5.79. The molecule has 102 valence electrons. The van der Waals surface area contributed by atoms with E-state index in [4.69, 9.17) is 21.8 Å². The van der Waals surface area contributed by atoms with Gasteiger partial charge in [-0.1, -0.05) is 29.8 Å². The summed E-state index contributed by atoms with van der Waals surface area (Å²) in [5.74, 6) is 1.52. The minimum atomic E-state index is -0.0623. The summed E-state index contributed by atoms with van der Waals surface area (Å²) in [6, 6.07) is 11.4. The summed E-state index contributed by atoms with van der Waals surface area (Å²) in [6.07, 6.45) is 0. The first-order valence-corrected chi connectivity index (χ1v) is 6.55. The Balaban J connectivity index is 1.86. The second kappa shape index (κ2) is 5.02. The van der Waals surface area contributed by atoms with E-state index in [1.807, 2.05) is 37.3 Å². The van der Waals surface area contributed by atoms with Gasteiger partial charge in [-0.3, -0.25) is 0 Å². The molecule has 0 saturated heterocycles. The van der Waals surface area contributed by atoms with Crippen molar-refractivity contribution in [2.75, 3.05) is 11.1 Å². The van der Waals surface area contributed by atoms with E-state index >= 15 is 0 Å². The Labute approximate surface area is 120 Å². The van der Waals surface area contributed by atoms with Crippen LogP contribution in [0.15, 0.2) is 40.8 Å². The van der Waals surface area contributed by atoms with E-state index in [1.165, 1.54) is 0 Å². The predicted molar refractivity (Wildman–Crippen MR) is 79.7 cm³/mol. The number of hydrogen-bond donors (Lipinski definition) is 2. The van der Waals surface area contributed by atoms with E-state index < -0.39 is 0 Å². The molecule has 1 atom stereocenters. The van der Waals surface area contributed by atoms with E-state index in [0.717, 1.165) is 16.7 Å². The lowest BCUT2D eigenvalue weighted by atomic mass is 10.2. The molecular weight excluding hydrogens is 276 g/mol. The summed E-state index contributed by atoms with van der Waals surface area (Å²) in [4.78, 5) is 7.90. The number of furan rings is 1. The molecule has 0 radical (unpaired) electrons. The fourth-order valence-electron chi connectivity index (χ4n) is 2.02. The van der Waals surface area contributed by atoms with Gasteiger partial charge in [0.1, 0.15) is 22.3 Å². The third-order valence-corrected chi connectivity index (χ3v) is 3.14. The van der Waals surface area contributed by atoms with Crippen molar-refractivity contribution in [1.82, 2.24) is 9.97 Å². The second-order valence-electron chi connectivity index (χ2n) is 4.49. The smallest absolute Gasteiger partial charge is 0.223 e. The van der Waals surface area contributed by atoms with Gasteiger partial charge in [-0.25, -0.2) is 4.98 Å². The summed E-state index contributed by atoms with van der Waals surface area (Å²) >= 11 is 5.85. The van der Waals surface area contributed by atoms with Crippen molar-refractivity contribution < 1.29 is 4.42 Å². The van der Waals surface area contributed by atoms with E-state index in [1.54, 1.807) is 6.07 Å². The van der Waals surface area contributed by atoms with Gasteiger partial charge in [0.2, 0.25) is 5.95 Å². The molecule has 0 aliphatic carbocycles. The van der Waals surface area contributed by atoms with Crippen molar-refractivity contribution in [2.45, 2.75) is 13.0 Å². The zero-order valence-electron chi connectivity index (χ0n) is 10.8. The quantitative estimate of drug-likeness (QED) is 0.720. The molecule has 0 aliphatic rings. The number of halogens is 1. The van der Waals surface area contributed by atoms with Crippen LogP contribution in [0.3, 0.4) is 0 Å². The number of nitrogens with one attached hydrogen (secondary N) is 1. The molecule has 3 N–H and O–H groups in total. The molecular formula is C14H13ClN4O. The fraction of sp³-hybridized carbons (Fsp3) is 0.143. The summed E-state index contributed by atoms with van der Waals surface area (Å²) in [6.45, 7) is 1.98. The molecule has 2 heterocycles. The molecule has 6 heteroatoms. The van der Waals surface area contributed by atoms with Crippen LogP contribution in [0.25, 0.3) is 11.0 Å². The van der Waals surface area contributed by atoms with E-state index in [0.29, 0.717) is 11.0 Å². The molecule has 0 amide bonds. The molecule has 0 spiro atoms. The van der Waals surface area contributed by atoms with Gasteiger partial charge in [-0.05, 0) is 19.1 Å². The van der Waals surface area contributed by atoms with Crippen LogP contribution in [0.5, 0.6) is 0 Å². The van der Waals surface area contributed by atoms with Gasteiger partial charge in [0.15, 0.2) is 0 Å². The molecule has 0 bridgehead atoms. The number of benzene rings is 1. The molecule has 0 saturated carbocycles. The lowest BCUT2D eigenvalue weighted by molar-refractivity contribution is 0.525. The molecule has 5 nitrogen and oxygen atoms in total. The van der Waals surface area contributed by atoms with Gasteiger partial charge >= 0.3 is 0 Å². The standard InChI is InChI=1S/C14H13ClN4O/c1-8(17-13-7-12(15)18-14(16)19-13)11-6-9-4-2-3-5-10(9)20-11/h2-8H,1H3,(H3,16,17,18,19)/t8-/m1/s1. The summed E-state index contributed by atoms with van der Waals surface area (Å²) in [7, 11) is 0. The van der Waals surface area contributed by atoms with Crippen LogP contribution in [-0.2, 0) is 0 Å². The average Bonchev–Trinajstić information content (AvgIpc) is 2.81. The number of fused-ring (bicyclic) bond motifs is 1. The molecule has 3 rings (SSSR count). The summed E-state index contributed by atoms with van der Waals surface area (Å²) in [5.41, 5.74) is 6.42. The average molecular weight is 289 g/mol. The lowest BCUT2D eigenvalue weighted by Gasteiger charge is -2.12. The highest BCUT2D eigenvalue weighted by molar-refractivity contribution is 6.29. The highest BCUT2D eigenvalue weighted by Gasteiger charge is 2.12. The van der Waals surface area contributed by atoms with Crippen molar-refractivity contribution in [3.63, 3.8) is 0 Å². The number of nitrogen functional groups attached to an aromatic ring is 1. The Bertz CT molecular complexity index is 703. The Hall–Kier alpha value is -2.27. The molecule has 1 aromatic carbocycles. The highest BCUT2D eigenvalue weighted by atomic mass is 35.5. The molecule has 2 aromatic heterocycles. The maximum Gasteiger partial charge on any atom is 0.223 e. The number of hydrogen-bond acceptors (Lipinski definition) is 5. The predicted octanol–water partition coefficient (Wildman–Crippen LogP) is 3.63. The van der Waals surface area contributed by atoms with E-state index in [-0.39, 0.29) is 12.0 Å². The van der Waals surface area contributed by atoms with Gasteiger partial charge in [-0.2, -0.15) is 4.98 Å². The third-order valence-electron chi connectivity index (χ3n) is 2.95. The van der Waals surface area contributed by atoms with Crippen LogP contribution in [0.2, 0.25) is 5.15 Å². The number of anilines is 2. The molecule has 3 aromatic rings. The summed E-state index contributed by atoms with van der Waals surface area (Å²) in [5, 5.41) is 4.56. The number of nitrogens with zero attached hydrogens (tertiary/aromatic N) is 2. The van der Waals surface area contributed by atoms with Crippen LogP contribution in [0.1, 0.15) is 18.7 Å². The van der Waals surface area contributed by atoms with Crippen LogP contribution < -0.4 is 11.1 Å². The molecule has 0 aliphatic heterocycles. The zero-order chi connectivity index (χ0) is 14.1. The first kappa shape index (κ1) is 12.7. The monoisotopic (exact) mass is 288 g/mol. The molecule has 0 unspecified atom stereocenters. The second-order valence-corrected chi connectivity index (χ2v) is 4.87. The van der Waals surface area contributed by atoms with E-state index in [9.17, 15) is 0 Å². The topological polar surface area (TPSA) is 77.0 Å². The highest BCUT2D eigenvalue weighted by Crippen LogP contribution is 2.26. The number of nitrogens with two attached hydrogens (primary N) is 1.